The topological polar surface area (TPSA) is 84.9 Å². The van der Waals surface area contributed by atoms with Gasteiger partial charge in [-0.05, 0) is 25.0 Å². The minimum Gasteiger partial charge on any atom is -0.481 e. The number of benzene rings is 2. The average Bonchev–Trinajstić information content (AvgIpc) is 3.08. The van der Waals surface area contributed by atoms with E-state index in [2.05, 4.69) is 5.32 Å². The molecule has 0 aliphatic carbocycles. The lowest BCUT2D eigenvalue weighted by atomic mass is 10.1. The molecule has 0 unspecified atom stereocenters. The van der Waals surface area contributed by atoms with Crippen molar-refractivity contribution in [3.63, 3.8) is 0 Å². The zero-order valence-corrected chi connectivity index (χ0v) is 12.5. The number of carboxylic acid groups (broad SMARTS) is 1. The number of anilines is 1. The highest BCUT2D eigenvalue weighted by Crippen LogP contribution is 2.32. The van der Waals surface area contributed by atoms with Gasteiger partial charge in [0.2, 0.25) is 0 Å². The molecule has 23 heavy (non-hydrogen) atoms. The van der Waals surface area contributed by atoms with Crippen molar-refractivity contribution in [2.75, 3.05) is 18.5 Å². The van der Waals surface area contributed by atoms with Crippen LogP contribution in [0.4, 0.5) is 5.69 Å². The number of rotatable bonds is 5. The van der Waals surface area contributed by atoms with E-state index < -0.39 is 18.7 Å². The van der Waals surface area contributed by atoms with E-state index >= 15 is 0 Å². The lowest BCUT2D eigenvalue weighted by Gasteiger charge is -2.14. The fourth-order valence-electron chi connectivity index (χ4n) is 2.64. The molecule has 3 rings (SSSR count). The highest BCUT2D eigenvalue weighted by molar-refractivity contribution is 6.05. The maximum absolute atomic E-state index is 12.2. The van der Waals surface area contributed by atoms with Gasteiger partial charge in [-0.15, -0.1) is 0 Å². The van der Waals surface area contributed by atoms with Crippen LogP contribution in [-0.2, 0) is 14.3 Å². The summed E-state index contributed by atoms with van der Waals surface area (Å²) in [5, 5.41) is 13.2. The number of carbonyl (C=O) groups is 2. The van der Waals surface area contributed by atoms with Gasteiger partial charge >= 0.3 is 5.97 Å². The van der Waals surface area contributed by atoms with Gasteiger partial charge in [0.25, 0.3) is 5.91 Å². The second-order valence-corrected chi connectivity index (χ2v) is 5.33. The molecule has 1 aliphatic rings. The fraction of sp³-hybridized carbons (Fsp3) is 0.294. The van der Waals surface area contributed by atoms with E-state index in [0.717, 1.165) is 23.6 Å². The third-order valence-corrected chi connectivity index (χ3v) is 3.72. The molecule has 120 valence electrons. The van der Waals surface area contributed by atoms with Crippen molar-refractivity contribution in [2.24, 2.45) is 0 Å². The van der Waals surface area contributed by atoms with E-state index in [1.807, 2.05) is 24.3 Å². The smallest absolute Gasteiger partial charge is 0.341 e. The Morgan fingerprint density at radius 1 is 1.22 bits per heavy atom. The molecule has 0 bridgehead atoms. The summed E-state index contributed by atoms with van der Waals surface area (Å²) >= 11 is 0. The van der Waals surface area contributed by atoms with Crippen LogP contribution in [0.5, 0.6) is 5.75 Å². The van der Waals surface area contributed by atoms with Crippen LogP contribution in [0.25, 0.3) is 10.8 Å². The first-order chi connectivity index (χ1) is 11.1. The molecule has 2 aromatic rings. The molecule has 6 heteroatoms. The summed E-state index contributed by atoms with van der Waals surface area (Å²) in [5.41, 5.74) is 0.656. The maximum Gasteiger partial charge on any atom is 0.341 e. The summed E-state index contributed by atoms with van der Waals surface area (Å²) in [6.45, 7) is 0.201. The third kappa shape index (κ3) is 3.43. The first-order valence-electron chi connectivity index (χ1n) is 7.44. The molecule has 0 spiro atoms. The van der Waals surface area contributed by atoms with Crippen LogP contribution in [-0.4, -0.2) is 36.3 Å². The fourth-order valence-corrected chi connectivity index (χ4v) is 2.64. The van der Waals surface area contributed by atoms with Crippen LogP contribution in [0.3, 0.4) is 0 Å². The highest BCUT2D eigenvalue weighted by atomic mass is 16.5. The summed E-state index contributed by atoms with van der Waals surface area (Å²) in [7, 11) is 0. The SMILES string of the molecule is O=C(O)COc1ccc(NC(=O)[C@@H]2CCCO2)c2ccccc12. The van der Waals surface area contributed by atoms with E-state index in [9.17, 15) is 9.59 Å². The molecule has 1 heterocycles. The molecule has 1 saturated heterocycles. The summed E-state index contributed by atoms with van der Waals surface area (Å²) in [6, 6.07) is 10.7. The molecule has 1 atom stereocenters. The summed E-state index contributed by atoms with van der Waals surface area (Å²) in [6.07, 6.45) is 1.21. The van der Waals surface area contributed by atoms with E-state index in [4.69, 9.17) is 14.6 Å². The van der Waals surface area contributed by atoms with Crippen molar-refractivity contribution >= 4 is 28.3 Å². The normalized spacial score (nSPS) is 17.1. The zero-order chi connectivity index (χ0) is 16.2. The molecule has 1 amide bonds. The Labute approximate surface area is 133 Å². The first-order valence-corrected chi connectivity index (χ1v) is 7.44. The van der Waals surface area contributed by atoms with Gasteiger partial charge in [-0.1, -0.05) is 24.3 Å². The lowest BCUT2D eigenvalue weighted by Crippen LogP contribution is -2.26. The van der Waals surface area contributed by atoms with Crippen molar-refractivity contribution in [1.29, 1.82) is 0 Å². The minimum absolute atomic E-state index is 0.160. The molecular weight excluding hydrogens is 298 g/mol. The molecular formula is C17H17NO5. The Bertz CT molecular complexity index is 737. The number of fused-ring (bicyclic) bond motifs is 1. The van der Waals surface area contributed by atoms with Gasteiger partial charge < -0.3 is 19.9 Å². The number of nitrogens with one attached hydrogen (secondary N) is 1. The van der Waals surface area contributed by atoms with Crippen LogP contribution in [0.2, 0.25) is 0 Å². The van der Waals surface area contributed by atoms with E-state index in [1.165, 1.54) is 0 Å². The zero-order valence-electron chi connectivity index (χ0n) is 12.5. The molecule has 0 saturated carbocycles. The van der Waals surface area contributed by atoms with Gasteiger partial charge in [0.15, 0.2) is 6.61 Å². The van der Waals surface area contributed by atoms with Gasteiger partial charge in [0, 0.05) is 23.1 Å². The average molecular weight is 315 g/mol. The maximum atomic E-state index is 12.2. The third-order valence-electron chi connectivity index (χ3n) is 3.72. The predicted molar refractivity (Wildman–Crippen MR) is 84.7 cm³/mol. The number of aliphatic carboxylic acids is 1. The van der Waals surface area contributed by atoms with Crippen molar-refractivity contribution in [3.8, 4) is 5.75 Å². The number of carbonyl (C=O) groups excluding carboxylic acids is 1. The van der Waals surface area contributed by atoms with Gasteiger partial charge in [-0.2, -0.15) is 0 Å². The summed E-state index contributed by atoms with van der Waals surface area (Å²) < 4.78 is 10.7. The highest BCUT2D eigenvalue weighted by Gasteiger charge is 2.24. The molecule has 6 nitrogen and oxygen atoms in total. The molecule has 2 N–H and O–H groups in total. The van der Waals surface area contributed by atoms with Gasteiger partial charge in [0.05, 0.1) is 0 Å². The van der Waals surface area contributed by atoms with Crippen LogP contribution in [0.1, 0.15) is 12.8 Å². The monoisotopic (exact) mass is 315 g/mol. The number of hydrogen-bond acceptors (Lipinski definition) is 4. The van der Waals surface area contributed by atoms with E-state index in [0.29, 0.717) is 18.0 Å². The van der Waals surface area contributed by atoms with Gasteiger partial charge in [0.1, 0.15) is 11.9 Å². The second kappa shape index (κ2) is 6.66. The van der Waals surface area contributed by atoms with Gasteiger partial charge in [-0.3, -0.25) is 4.79 Å². The molecule has 1 fully saturated rings. The van der Waals surface area contributed by atoms with Crippen LogP contribution in [0.15, 0.2) is 36.4 Å². The minimum atomic E-state index is -1.04. The predicted octanol–water partition coefficient (Wildman–Crippen LogP) is 2.42. The number of amides is 1. The van der Waals surface area contributed by atoms with Crippen molar-refractivity contribution in [2.45, 2.75) is 18.9 Å². The van der Waals surface area contributed by atoms with Crippen LogP contribution < -0.4 is 10.1 Å². The summed E-state index contributed by atoms with van der Waals surface area (Å²) in [4.78, 5) is 22.9. The molecule has 1 aliphatic heterocycles. The largest absolute Gasteiger partial charge is 0.481 e. The molecule has 2 aromatic carbocycles. The quantitative estimate of drug-likeness (QED) is 0.885. The van der Waals surface area contributed by atoms with Crippen molar-refractivity contribution < 1.29 is 24.2 Å². The molecule has 0 aromatic heterocycles. The molecule has 0 radical (unpaired) electrons. The lowest BCUT2D eigenvalue weighted by molar-refractivity contribution is -0.139. The van der Waals surface area contributed by atoms with Gasteiger partial charge in [-0.25, -0.2) is 4.79 Å². The summed E-state index contributed by atoms with van der Waals surface area (Å²) in [5.74, 6) is -0.727. The Morgan fingerprint density at radius 3 is 2.70 bits per heavy atom. The Morgan fingerprint density at radius 2 is 2.00 bits per heavy atom. The Balaban J connectivity index is 1.88. The van der Waals surface area contributed by atoms with E-state index in [-0.39, 0.29) is 5.91 Å². The van der Waals surface area contributed by atoms with Crippen LogP contribution >= 0.6 is 0 Å². The standard InChI is InChI=1S/C17H17NO5/c19-16(20)10-23-14-8-7-13(11-4-1-2-5-12(11)14)18-17(21)15-6-3-9-22-15/h1-2,4-5,7-8,15H,3,6,9-10H2,(H,18,21)(H,19,20)/t15-/m0/s1. The van der Waals surface area contributed by atoms with E-state index in [1.54, 1.807) is 12.1 Å². The van der Waals surface area contributed by atoms with Crippen LogP contribution in [0, 0.1) is 0 Å². The second-order valence-electron chi connectivity index (χ2n) is 5.33. The van der Waals surface area contributed by atoms with Crippen molar-refractivity contribution in [1.82, 2.24) is 0 Å². The Hall–Kier alpha value is -2.60. The van der Waals surface area contributed by atoms with Crippen molar-refractivity contribution in [3.05, 3.63) is 36.4 Å². The number of hydrogen-bond donors (Lipinski definition) is 2. The number of ether oxygens (including phenoxy) is 2. The number of carboxylic acids is 1. The Kier molecular flexibility index (Phi) is 4.43. The first kappa shape index (κ1) is 15.3.